The topological polar surface area (TPSA) is 68.1 Å². The smallest absolute Gasteiger partial charge is 0.144 e. The van der Waals surface area contributed by atoms with E-state index in [1.165, 1.54) is 12.1 Å². The van der Waals surface area contributed by atoms with Crippen molar-refractivity contribution in [2.45, 2.75) is 32.4 Å². The summed E-state index contributed by atoms with van der Waals surface area (Å²) in [6.07, 6.45) is 5.36. The molecule has 0 aliphatic carbocycles. The maximum absolute atomic E-state index is 13.5. The molecule has 4 rings (SSSR count). The zero-order valence-electron chi connectivity index (χ0n) is 17.8. The van der Waals surface area contributed by atoms with Crippen molar-refractivity contribution in [2.75, 3.05) is 6.61 Å². The molecule has 0 aliphatic heterocycles. The van der Waals surface area contributed by atoms with Gasteiger partial charge in [0.1, 0.15) is 35.7 Å². The number of ether oxygens (including phenoxy) is 1. The highest BCUT2D eigenvalue weighted by atomic mass is 28.3. The van der Waals surface area contributed by atoms with Gasteiger partial charge in [0, 0.05) is 43.8 Å². The molecule has 0 spiro atoms. The minimum Gasteiger partial charge on any atom is -0.360 e. The van der Waals surface area contributed by atoms with Gasteiger partial charge in [-0.15, -0.1) is 0 Å². The third-order valence-corrected chi connectivity index (χ3v) is 6.73. The molecule has 0 fully saturated rings. The Morgan fingerprint density at radius 2 is 1.81 bits per heavy atom. The molecular weight excluding hydrogens is 409 g/mol. The van der Waals surface area contributed by atoms with Crippen molar-refractivity contribution in [1.29, 1.82) is 5.26 Å². The number of aromatic nitrogens is 4. The standard InChI is InChI=1S/C23H24FN5OSi/c1-31(2,3)11-10-30-16-28-15-21(23(27-28)17-4-7-19(24)8-5-17)18-6-9-22-26-13-20(12-25)29(22)14-18/h4-9,13-15H,10-11,16H2,1-3H3. The van der Waals surface area contributed by atoms with E-state index in [-0.39, 0.29) is 5.82 Å². The molecule has 8 heteroatoms. The molecule has 4 aromatic rings. The molecule has 0 saturated heterocycles. The molecule has 0 radical (unpaired) electrons. The van der Waals surface area contributed by atoms with Crippen LogP contribution in [0.4, 0.5) is 4.39 Å². The summed E-state index contributed by atoms with van der Waals surface area (Å²) in [6, 6.07) is 13.3. The van der Waals surface area contributed by atoms with Gasteiger partial charge in [0.25, 0.3) is 0 Å². The predicted molar refractivity (Wildman–Crippen MR) is 121 cm³/mol. The van der Waals surface area contributed by atoms with Crippen molar-refractivity contribution in [1.82, 2.24) is 19.2 Å². The van der Waals surface area contributed by atoms with Crippen molar-refractivity contribution in [3.63, 3.8) is 0 Å². The number of imidazole rings is 1. The molecule has 0 amide bonds. The summed E-state index contributed by atoms with van der Waals surface area (Å²) in [5.74, 6) is -0.294. The Morgan fingerprint density at radius 3 is 2.52 bits per heavy atom. The maximum Gasteiger partial charge on any atom is 0.144 e. The third kappa shape index (κ3) is 4.73. The van der Waals surface area contributed by atoms with E-state index in [0.717, 1.165) is 28.4 Å². The second-order valence-corrected chi connectivity index (χ2v) is 14.3. The minimum atomic E-state index is -1.17. The quantitative estimate of drug-likeness (QED) is 0.297. The van der Waals surface area contributed by atoms with Crippen LogP contribution in [0.5, 0.6) is 0 Å². The highest BCUT2D eigenvalue weighted by molar-refractivity contribution is 6.76. The molecule has 31 heavy (non-hydrogen) atoms. The van der Waals surface area contributed by atoms with Crippen LogP contribution in [-0.2, 0) is 11.5 Å². The van der Waals surface area contributed by atoms with Crippen LogP contribution in [-0.4, -0.2) is 33.8 Å². The molecular formula is C23H24FN5OSi. The predicted octanol–water partition coefficient (Wildman–Crippen LogP) is 5.19. The minimum absolute atomic E-state index is 0.294. The van der Waals surface area contributed by atoms with Crippen LogP contribution in [0.3, 0.4) is 0 Å². The lowest BCUT2D eigenvalue weighted by atomic mass is 10.0. The van der Waals surface area contributed by atoms with Crippen molar-refractivity contribution in [3.8, 4) is 28.5 Å². The molecule has 0 N–H and O–H groups in total. The number of hydrogen-bond acceptors (Lipinski definition) is 4. The summed E-state index contributed by atoms with van der Waals surface area (Å²) < 4.78 is 22.9. The van der Waals surface area contributed by atoms with E-state index in [4.69, 9.17) is 9.84 Å². The lowest BCUT2D eigenvalue weighted by Crippen LogP contribution is -2.22. The average Bonchev–Trinajstić information content (AvgIpc) is 3.34. The Morgan fingerprint density at radius 1 is 1.06 bits per heavy atom. The van der Waals surface area contributed by atoms with Gasteiger partial charge >= 0.3 is 0 Å². The first-order valence-corrected chi connectivity index (χ1v) is 13.8. The normalized spacial score (nSPS) is 11.7. The van der Waals surface area contributed by atoms with Crippen molar-refractivity contribution in [2.24, 2.45) is 0 Å². The summed E-state index contributed by atoms with van der Waals surface area (Å²) in [5.41, 5.74) is 4.46. The van der Waals surface area contributed by atoms with Crippen LogP contribution in [0.2, 0.25) is 25.7 Å². The van der Waals surface area contributed by atoms with E-state index in [2.05, 4.69) is 30.7 Å². The molecule has 0 bridgehead atoms. The number of pyridine rings is 1. The van der Waals surface area contributed by atoms with Gasteiger partial charge in [0.2, 0.25) is 0 Å². The number of fused-ring (bicyclic) bond motifs is 1. The van der Waals surface area contributed by atoms with Gasteiger partial charge in [-0.05, 0) is 42.4 Å². The third-order valence-electron chi connectivity index (χ3n) is 5.03. The van der Waals surface area contributed by atoms with E-state index in [0.29, 0.717) is 24.7 Å². The molecule has 0 atom stereocenters. The van der Waals surface area contributed by atoms with Crippen molar-refractivity contribution >= 4 is 13.7 Å². The van der Waals surface area contributed by atoms with E-state index in [1.54, 1.807) is 27.4 Å². The fourth-order valence-electron chi connectivity index (χ4n) is 3.28. The van der Waals surface area contributed by atoms with Gasteiger partial charge in [-0.25, -0.2) is 14.1 Å². The molecule has 0 saturated carbocycles. The van der Waals surface area contributed by atoms with Crippen LogP contribution in [0.25, 0.3) is 28.0 Å². The average molecular weight is 434 g/mol. The van der Waals surface area contributed by atoms with E-state index >= 15 is 0 Å². The fourth-order valence-corrected chi connectivity index (χ4v) is 4.04. The number of nitriles is 1. The van der Waals surface area contributed by atoms with Crippen LogP contribution in [0, 0.1) is 17.1 Å². The lowest BCUT2D eigenvalue weighted by Gasteiger charge is -2.15. The second kappa shape index (κ2) is 8.45. The SMILES string of the molecule is C[Si](C)(C)CCOCn1cc(-c2ccc3ncc(C#N)n3c2)c(-c2ccc(F)cc2)n1. The zero-order valence-corrected chi connectivity index (χ0v) is 18.8. The highest BCUT2D eigenvalue weighted by Gasteiger charge is 2.16. The first-order chi connectivity index (χ1) is 14.8. The van der Waals surface area contributed by atoms with Crippen LogP contribution in [0.1, 0.15) is 5.69 Å². The lowest BCUT2D eigenvalue weighted by molar-refractivity contribution is 0.0788. The Hall–Kier alpha value is -3.28. The largest absolute Gasteiger partial charge is 0.360 e. The maximum atomic E-state index is 13.5. The first-order valence-electron chi connectivity index (χ1n) is 10.1. The molecule has 3 aromatic heterocycles. The van der Waals surface area contributed by atoms with Gasteiger partial charge in [-0.3, -0.25) is 4.40 Å². The van der Waals surface area contributed by atoms with E-state index in [1.807, 2.05) is 24.5 Å². The Labute approximate surface area is 181 Å². The van der Waals surface area contributed by atoms with Gasteiger partial charge in [0.05, 0.1) is 6.20 Å². The van der Waals surface area contributed by atoms with Gasteiger partial charge < -0.3 is 4.74 Å². The summed E-state index contributed by atoms with van der Waals surface area (Å²) in [6.45, 7) is 7.99. The summed E-state index contributed by atoms with van der Waals surface area (Å²) in [7, 11) is -1.17. The van der Waals surface area contributed by atoms with Gasteiger partial charge in [-0.2, -0.15) is 10.4 Å². The molecule has 6 nitrogen and oxygen atoms in total. The second-order valence-electron chi connectivity index (χ2n) is 8.69. The molecule has 1 aromatic carbocycles. The van der Waals surface area contributed by atoms with Crippen LogP contribution in [0.15, 0.2) is 55.0 Å². The number of rotatable bonds is 7. The van der Waals surface area contributed by atoms with Crippen molar-refractivity contribution in [3.05, 3.63) is 66.5 Å². The van der Waals surface area contributed by atoms with Crippen molar-refractivity contribution < 1.29 is 9.13 Å². The number of nitrogens with zero attached hydrogens (tertiary/aromatic N) is 5. The van der Waals surface area contributed by atoms with Crippen LogP contribution >= 0.6 is 0 Å². The monoisotopic (exact) mass is 433 g/mol. The number of halogens is 1. The Bertz CT molecular complexity index is 1250. The summed E-state index contributed by atoms with van der Waals surface area (Å²) >= 11 is 0. The zero-order chi connectivity index (χ0) is 22.0. The Kier molecular flexibility index (Phi) is 5.72. The summed E-state index contributed by atoms with van der Waals surface area (Å²) in [4.78, 5) is 4.25. The molecule has 3 heterocycles. The number of benzene rings is 1. The fraction of sp³-hybridized carbons (Fsp3) is 0.261. The van der Waals surface area contributed by atoms with Gasteiger partial charge in [-0.1, -0.05) is 19.6 Å². The van der Waals surface area contributed by atoms with E-state index in [9.17, 15) is 9.65 Å². The Balaban J connectivity index is 1.70. The molecule has 0 aliphatic rings. The first kappa shape index (κ1) is 21.0. The molecule has 0 unspecified atom stereocenters. The molecule has 158 valence electrons. The highest BCUT2D eigenvalue weighted by Crippen LogP contribution is 2.31. The van der Waals surface area contributed by atoms with E-state index < -0.39 is 8.07 Å². The van der Waals surface area contributed by atoms with Gasteiger partial charge in [0.15, 0.2) is 0 Å². The summed E-state index contributed by atoms with van der Waals surface area (Å²) in [5, 5.41) is 14.1. The number of hydrogen-bond donors (Lipinski definition) is 0. The van der Waals surface area contributed by atoms with Crippen LogP contribution < -0.4 is 0 Å².